The molecule has 2 rings (SSSR count). The van der Waals surface area contributed by atoms with E-state index in [1.165, 1.54) is 13.2 Å². The van der Waals surface area contributed by atoms with E-state index in [-0.39, 0.29) is 5.57 Å². The predicted molar refractivity (Wildman–Crippen MR) is 88.2 cm³/mol. The average molecular weight is 321 g/mol. The van der Waals surface area contributed by atoms with Crippen LogP contribution in [0.5, 0.6) is 5.75 Å². The third kappa shape index (κ3) is 4.31. The summed E-state index contributed by atoms with van der Waals surface area (Å²) < 4.78 is 9.84. The van der Waals surface area contributed by atoms with Gasteiger partial charge < -0.3 is 9.47 Å². The van der Waals surface area contributed by atoms with Crippen LogP contribution in [0.1, 0.15) is 21.5 Å². The lowest BCUT2D eigenvalue weighted by atomic mass is 10.1. The number of carbonyl (C=O) groups is 2. The van der Waals surface area contributed by atoms with E-state index < -0.39 is 11.9 Å². The summed E-state index contributed by atoms with van der Waals surface area (Å²) >= 11 is 0. The Balaban J connectivity index is 2.20. The van der Waals surface area contributed by atoms with E-state index in [9.17, 15) is 9.59 Å². The van der Waals surface area contributed by atoms with E-state index >= 15 is 0 Å². The Hall–Kier alpha value is -3.39. The van der Waals surface area contributed by atoms with Crippen LogP contribution in [0.4, 0.5) is 0 Å². The van der Waals surface area contributed by atoms with Crippen LogP contribution in [0, 0.1) is 18.3 Å². The normalized spacial score (nSPS) is 10.6. The van der Waals surface area contributed by atoms with E-state index in [1.54, 1.807) is 42.5 Å². The first kappa shape index (κ1) is 17.0. The highest BCUT2D eigenvalue weighted by molar-refractivity contribution is 5.98. The molecule has 0 aromatic heterocycles. The maximum Gasteiger partial charge on any atom is 0.348 e. The first-order chi connectivity index (χ1) is 11.5. The number of rotatable bonds is 4. The van der Waals surface area contributed by atoms with Crippen molar-refractivity contribution in [3.8, 4) is 11.8 Å². The van der Waals surface area contributed by atoms with Gasteiger partial charge in [-0.15, -0.1) is 0 Å². The van der Waals surface area contributed by atoms with Crippen LogP contribution < -0.4 is 4.74 Å². The van der Waals surface area contributed by atoms with Gasteiger partial charge >= 0.3 is 11.9 Å². The number of nitriles is 1. The maximum atomic E-state index is 12.1. The molecule has 0 spiro atoms. The molecule has 0 radical (unpaired) electrons. The molecular formula is C19H15NO4. The fourth-order valence-corrected chi connectivity index (χ4v) is 1.94. The summed E-state index contributed by atoms with van der Waals surface area (Å²) in [6, 6.07) is 15.3. The molecule has 0 heterocycles. The van der Waals surface area contributed by atoms with Crippen LogP contribution in [0.15, 0.2) is 54.1 Å². The van der Waals surface area contributed by atoms with Crippen LogP contribution in [-0.4, -0.2) is 19.0 Å². The number of carbonyl (C=O) groups excluding carboxylic acids is 2. The number of aryl methyl sites for hydroxylation is 1. The molecule has 120 valence electrons. The highest BCUT2D eigenvalue weighted by atomic mass is 16.5. The number of nitrogens with zero attached hydrogens (tertiary/aromatic N) is 1. The summed E-state index contributed by atoms with van der Waals surface area (Å²) in [7, 11) is 1.20. The van der Waals surface area contributed by atoms with E-state index in [0.29, 0.717) is 16.9 Å². The molecule has 24 heavy (non-hydrogen) atoms. The summed E-state index contributed by atoms with van der Waals surface area (Å²) in [5.41, 5.74) is 1.89. The number of esters is 2. The van der Waals surface area contributed by atoms with Gasteiger partial charge in [0.1, 0.15) is 17.4 Å². The molecule has 5 nitrogen and oxygen atoms in total. The molecule has 0 atom stereocenters. The molecule has 0 saturated carbocycles. The fourth-order valence-electron chi connectivity index (χ4n) is 1.94. The summed E-state index contributed by atoms with van der Waals surface area (Å²) in [5, 5.41) is 8.97. The van der Waals surface area contributed by atoms with Crippen LogP contribution in [0.2, 0.25) is 0 Å². The molecular weight excluding hydrogens is 306 g/mol. The number of benzene rings is 2. The van der Waals surface area contributed by atoms with Crippen molar-refractivity contribution >= 4 is 18.0 Å². The second kappa shape index (κ2) is 7.75. The zero-order valence-electron chi connectivity index (χ0n) is 13.3. The summed E-state index contributed by atoms with van der Waals surface area (Å²) in [6.45, 7) is 1.93. The Kier molecular flexibility index (Phi) is 5.48. The zero-order chi connectivity index (χ0) is 17.5. The van der Waals surface area contributed by atoms with Crippen molar-refractivity contribution in [2.45, 2.75) is 6.92 Å². The minimum atomic E-state index is -0.723. The van der Waals surface area contributed by atoms with Crippen molar-refractivity contribution in [2.24, 2.45) is 0 Å². The minimum absolute atomic E-state index is 0.139. The smallest absolute Gasteiger partial charge is 0.348 e. The van der Waals surface area contributed by atoms with Gasteiger partial charge in [0, 0.05) is 0 Å². The summed E-state index contributed by atoms with van der Waals surface area (Å²) in [5.74, 6) is -0.888. The molecule has 0 bridgehead atoms. The predicted octanol–water partition coefficient (Wildman–Crippen LogP) is 3.29. The first-order valence-corrected chi connectivity index (χ1v) is 7.12. The number of hydrogen-bond acceptors (Lipinski definition) is 5. The third-order valence-electron chi connectivity index (χ3n) is 3.19. The topological polar surface area (TPSA) is 76.4 Å². The lowest BCUT2D eigenvalue weighted by molar-refractivity contribution is -0.135. The molecule has 0 amide bonds. The largest absolute Gasteiger partial charge is 0.465 e. The molecule has 0 aliphatic heterocycles. The molecule has 0 saturated heterocycles. The second-order valence-corrected chi connectivity index (χ2v) is 4.99. The molecule has 0 aliphatic rings. The SMILES string of the molecule is COC(=O)/C(C#N)=C/c1cccc(OC(=O)c2ccc(C)cc2)c1. The van der Waals surface area contributed by atoms with Crippen LogP contribution >= 0.6 is 0 Å². The van der Waals surface area contributed by atoms with Crippen molar-refractivity contribution < 1.29 is 19.1 Å². The van der Waals surface area contributed by atoms with E-state index in [4.69, 9.17) is 10.00 Å². The summed E-state index contributed by atoms with van der Waals surface area (Å²) in [6.07, 6.45) is 1.37. The van der Waals surface area contributed by atoms with Gasteiger partial charge in [0.15, 0.2) is 0 Å². The van der Waals surface area contributed by atoms with Crippen LogP contribution in [0.3, 0.4) is 0 Å². The second-order valence-electron chi connectivity index (χ2n) is 4.99. The van der Waals surface area contributed by atoms with Gasteiger partial charge in [-0.25, -0.2) is 9.59 Å². The first-order valence-electron chi connectivity index (χ1n) is 7.12. The van der Waals surface area contributed by atoms with Crippen LogP contribution in [-0.2, 0) is 9.53 Å². The standard InChI is InChI=1S/C19H15NO4/c1-13-6-8-15(9-7-13)19(22)24-17-5-3-4-14(11-17)10-16(12-20)18(21)23-2/h3-11H,1-2H3/b16-10+. The Morgan fingerprint density at radius 1 is 1.12 bits per heavy atom. The van der Waals surface area contributed by atoms with E-state index in [2.05, 4.69) is 4.74 Å². The maximum absolute atomic E-state index is 12.1. The monoisotopic (exact) mass is 321 g/mol. The van der Waals surface area contributed by atoms with Gasteiger partial charge in [-0.2, -0.15) is 5.26 Å². The number of hydrogen-bond donors (Lipinski definition) is 0. The molecule has 0 aliphatic carbocycles. The Labute approximate surface area is 139 Å². The van der Waals surface area contributed by atoms with Gasteiger partial charge in [-0.05, 0) is 42.8 Å². The van der Waals surface area contributed by atoms with Gasteiger partial charge in [0.2, 0.25) is 0 Å². The lowest BCUT2D eigenvalue weighted by Crippen LogP contribution is -2.08. The highest BCUT2D eigenvalue weighted by Gasteiger charge is 2.10. The van der Waals surface area contributed by atoms with E-state index in [1.807, 2.05) is 19.1 Å². The van der Waals surface area contributed by atoms with Gasteiger partial charge in [0.05, 0.1) is 12.7 Å². The minimum Gasteiger partial charge on any atom is -0.465 e. The van der Waals surface area contributed by atoms with E-state index in [0.717, 1.165) is 5.56 Å². The van der Waals surface area contributed by atoms with Crippen molar-refractivity contribution in [2.75, 3.05) is 7.11 Å². The molecule has 2 aromatic carbocycles. The van der Waals surface area contributed by atoms with Crippen molar-refractivity contribution in [1.29, 1.82) is 5.26 Å². The van der Waals surface area contributed by atoms with Crippen molar-refractivity contribution in [3.05, 3.63) is 70.8 Å². The number of ether oxygens (including phenoxy) is 2. The van der Waals surface area contributed by atoms with Crippen LogP contribution in [0.25, 0.3) is 6.08 Å². The zero-order valence-corrected chi connectivity index (χ0v) is 13.3. The molecule has 5 heteroatoms. The Morgan fingerprint density at radius 2 is 1.83 bits per heavy atom. The molecule has 2 aromatic rings. The third-order valence-corrected chi connectivity index (χ3v) is 3.19. The molecule has 0 N–H and O–H groups in total. The number of methoxy groups -OCH3 is 1. The van der Waals surface area contributed by atoms with Gasteiger partial charge in [-0.3, -0.25) is 0 Å². The molecule has 0 fully saturated rings. The lowest BCUT2D eigenvalue weighted by Gasteiger charge is -2.06. The van der Waals surface area contributed by atoms with Gasteiger partial charge in [-0.1, -0.05) is 29.8 Å². The quantitative estimate of drug-likeness (QED) is 0.374. The van der Waals surface area contributed by atoms with Gasteiger partial charge in [0.25, 0.3) is 0 Å². The fraction of sp³-hybridized carbons (Fsp3) is 0.105. The summed E-state index contributed by atoms with van der Waals surface area (Å²) in [4.78, 5) is 23.5. The highest BCUT2D eigenvalue weighted by Crippen LogP contribution is 2.18. The van der Waals surface area contributed by atoms with Crippen molar-refractivity contribution in [3.63, 3.8) is 0 Å². The van der Waals surface area contributed by atoms with Crippen molar-refractivity contribution in [1.82, 2.24) is 0 Å². The Bertz CT molecular complexity index is 829. The Morgan fingerprint density at radius 3 is 2.46 bits per heavy atom. The average Bonchev–Trinajstić information content (AvgIpc) is 2.59. The molecule has 0 unspecified atom stereocenters.